The van der Waals surface area contributed by atoms with Crippen LogP contribution in [0.4, 0.5) is 8.78 Å². The molecule has 0 aliphatic carbocycles. The molecule has 1 N–H and O–H groups in total. The van der Waals surface area contributed by atoms with Gasteiger partial charge in [0.15, 0.2) is 11.2 Å². The predicted octanol–water partition coefficient (Wildman–Crippen LogP) is 5.01. The number of halogens is 2. The highest BCUT2D eigenvalue weighted by Gasteiger charge is 2.36. The van der Waals surface area contributed by atoms with Gasteiger partial charge in [0, 0.05) is 60.9 Å². The number of hydrogen-bond acceptors (Lipinski definition) is 7. The van der Waals surface area contributed by atoms with Crippen LogP contribution in [0, 0.1) is 11.6 Å². The van der Waals surface area contributed by atoms with E-state index >= 15 is 0 Å². The van der Waals surface area contributed by atoms with Crippen LogP contribution in [-0.2, 0) is 0 Å². The lowest BCUT2D eigenvalue weighted by Gasteiger charge is -2.46. The van der Waals surface area contributed by atoms with Crippen LogP contribution >= 0.6 is 0 Å². The number of benzene rings is 2. The van der Waals surface area contributed by atoms with Gasteiger partial charge in [-0.05, 0) is 56.9 Å². The van der Waals surface area contributed by atoms with E-state index in [0.717, 1.165) is 74.0 Å². The van der Waals surface area contributed by atoms with Crippen LogP contribution in [0.5, 0.6) is 0 Å². The lowest BCUT2D eigenvalue weighted by Crippen LogP contribution is -2.57. The van der Waals surface area contributed by atoms with Crippen LogP contribution in [0.2, 0.25) is 0 Å². The number of aliphatic hydroxyl groups excluding tert-OH is 1. The van der Waals surface area contributed by atoms with E-state index in [0.29, 0.717) is 11.2 Å². The topological polar surface area (TPSA) is 78.8 Å². The van der Waals surface area contributed by atoms with E-state index in [1.54, 1.807) is 12.1 Å². The highest BCUT2D eigenvalue weighted by atomic mass is 19.1. The lowest BCUT2D eigenvalue weighted by atomic mass is 9.89. The summed E-state index contributed by atoms with van der Waals surface area (Å²) in [4.78, 5) is 4.75. The smallest absolute Gasteiger partial charge is 0.170 e. The number of aliphatic hydroxyl groups is 1. The largest absolute Gasteiger partial charge is 0.390 e. The van der Waals surface area contributed by atoms with Crippen LogP contribution in [0.15, 0.2) is 45.4 Å². The maximum absolute atomic E-state index is 13.5. The summed E-state index contributed by atoms with van der Waals surface area (Å²) in [5.74, 6) is -0.152. The molecule has 7 nitrogen and oxygen atoms in total. The van der Waals surface area contributed by atoms with Crippen molar-refractivity contribution in [2.75, 3.05) is 26.2 Å². The summed E-state index contributed by atoms with van der Waals surface area (Å²) in [7, 11) is 0. The van der Waals surface area contributed by atoms with Crippen molar-refractivity contribution in [1.29, 1.82) is 0 Å². The highest BCUT2D eigenvalue weighted by molar-refractivity contribution is 5.80. The summed E-state index contributed by atoms with van der Waals surface area (Å²) in [5.41, 5.74) is 2.78. The summed E-state index contributed by atoms with van der Waals surface area (Å²) < 4.78 is 37.8. The van der Waals surface area contributed by atoms with Crippen LogP contribution in [0.1, 0.15) is 55.8 Å². The number of fused-ring (bicyclic) bond motifs is 2. The molecule has 9 heteroatoms. The van der Waals surface area contributed by atoms with Gasteiger partial charge in [0.1, 0.15) is 11.6 Å². The minimum absolute atomic E-state index is 0.0572. The van der Waals surface area contributed by atoms with Crippen molar-refractivity contribution < 1.29 is 22.9 Å². The second kappa shape index (κ2) is 9.53. The van der Waals surface area contributed by atoms with E-state index in [9.17, 15) is 13.9 Å². The molecule has 2 saturated heterocycles. The average molecular weight is 497 g/mol. The Morgan fingerprint density at radius 3 is 1.58 bits per heavy atom. The molecule has 2 fully saturated rings. The molecule has 0 radical (unpaired) electrons. The van der Waals surface area contributed by atoms with Gasteiger partial charge in [-0.25, -0.2) is 8.78 Å². The van der Waals surface area contributed by atoms with E-state index in [2.05, 4.69) is 20.1 Å². The molecule has 4 heterocycles. The molecule has 190 valence electrons. The van der Waals surface area contributed by atoms with E-state index in [-0.39, 0.29) is 29.6 Å². The van der Waals surface area contributed by atoms with Gasteiger partial charge in [-0.15, -0.1) is 0 Å². The normalized spacial score (nSPS) is 20.1. The zero-order chi connectivity index (χ0) is 24.8. The number of hydrogen-bond donors (Lipinski definition) is 1. The molecule has 2 aromatic carbocycles. The molecule has 0 bridgehead atoms. The third-order valence-corrected chi connectivity index (χ3v) is 7.94. The highest BCUT2D eigenvalue weighted by Crippen LogP contribution is 2.36. The first-order valence-corrected chi connectivity index (χ1v) is 12.7. The van der Waals surface area contributed by atoms with Crippen molar-refractivity contribution in [1.82, 2.24) is 20.1 Å². The molecule has 1 atom stereocenters. The van der Waals surface area contributed by atoms with E-state index in [4.69, 9.17) is 9.05 Å². The molecule has 0 amide bonds. The van der Waals surface area contributed by atoms with E-state index < -0.39 is 6.10 Å². The van der Waals surface area contributed by atoms with Crippen LogP contribution < -0.4 is 0 Å². The SMILES string of the molecule is CC(O)C(N1CCC(c2noc3cc(F)ccc23)CC1)N1CCC(c2noc3cc(F)ccc23)CC1. The monoisotopic (exact) mass is 496 g/mol. The number of likely N-dealkylation sites (tertiary alicyclic amines) is 2. The van der Waals surface area contributed by atoms with Crippen molar-refractivity contribution in [3.05, 3.63) is 59.4 Å². The third kappa shape index (κ3) is 4.29. The zero-order valence-electron chi connectivity index (χ0n) is 20.2. The first-order chi connectivity index (χ1) is 17.5. The van der Waals surface area contributed by atoms with Gasteiger partial charge in [-0.1, -0.05) is 10.3 Å². The van der Waals surface area contributed by atoms with Crippen molar-refractivity contribution >= 4 is 21.9 Å². The quantitative estimate of drug-likeness (QED) is 0.416. The molecule has 2 aliphatic rings. The fraction of sp³-hybridized carbons (Fsp3) is 0.481. The van der Waals surface area contributed by atoms with Gasteiger partial charge in [-0.3, -0.25) is 9.80 Å². The maximum atomic E-state index is 13.5. The average Bonchev–Trinajstić information content (AvgIpc) is 3.48. The standard InChI is InChI=1S/C27H30F2N4O3/c1-16(34)27(32-10-6-17(7-11-32)25-21-4-2-19(28)14-23(21)35-30-25)33-12-8-18(9-13-33)26-22-5-3-20(29)15-24(22)36-31-26/h2-5,14-18,27,34H,6-13H2,1H3. The minimum atomic E-state index is -0.496. The van der Waals surface area contributed by atoms with Gasteiger partial charge in [0.25, 0.3) is 0 Å². The third-order valence-electron chi connectivity index (χ3n) is 7.94. The van der Waals surface area contributed by atoms with Gasteiger partial charge >= 0.3 is 0 Å². The van der Waals surface area contributed by atoms with E-state index in [1.807, 2.05) is 6.92 Å². The Morgan fingerprint density at radius 1 is 0.778 bits per heavy atom. The van der Waals surface area contributed by atoms with Crippen molar-refractivity contribution in [2.24, 2.45) is 0 Å². The van der Waals surface area contributed by atoms with Crippen molar-refractivity contribution in [3.8, 4) is 0 Å². The fourth-order valence-electron chi connectivity index (χ4n) is 6.17. The summed E-state index contributed by atoms with van der Waals surface area (Å²) in [6.45, 7) is 5.23. The second-order valence-electron chi connectivity index (χ2n) is 10.2. The first kappa shape index (κ1) is 23.5. The summed E-state index contributed by atoms with van der Waals surface area (Å²) in [6, 6.07) is 9.17. The Hall–Kier alpha value is -2.88. The minimum Gasteiger partial charge on any atom is -0.390 e. The number of aromatic nitrogens is 2. The van der Waals surface area contributed by atoms with Crippen LogP contribution in [0.25, 0.3) is 21.9 Å². The summed E-state index contributed by atoms with van der Waals surface area (Å²) in [6.07, 6.45) is 3.06. The first-order valence-electron chi connectivity index (χ1n) is 12.7. The molecule has 0 spiro atoms. The van der Waals surface area contributed by atoms with Crippen LogP contribution in [0.3, 0.4) is 0 Å². The van der Waals surface area contributed by atoms with Crippen molar-refractivity contribution in [2.45, 2.75) is 56.7 Å². The Bertz CT molecular complexity index is 1250. The number of nitrogens with zero attached hydrogens (tertiary/aromatic N) is 4. The maximum Gasteiger partial charge on any atom is 0.170 e. The summed E-state index contributed by atoms with van der Waals surface area (Å²) >= 11 is 0. The van der Waals surface area contributed by atoms with Gasteiger partial charge in [-0.2, -0.15) is 0 Å². The number of piperidine rings is 2. The second-order valence-corrected chi connectivity index (χ2v) is 10.2. The molecular weight excluding hydrogens is 466 g/mol. The lowest BCUT2D eigenvalue weighted by molar-refractivity contribution is -0.0583. The Labute approximate surface area is 207 Å². The summed E-state index contributed by atoms with van der Waals surface area (Å²) in [5, 5.41) is 21.0. The fourth-order valence-corrected chi connectivity index (χ4v) is 6.17. The van der Waals surface area contributed by atoms with E-state index in [1.165, 1.54) is 24.3 Å². The van der Waals surface area contributed by atoms with Crippen molar-refractivity contribution in [3.63, 3.8) is 0 Å². The van der Waals surface area contributed by atoms with Gasteiger partial charge in [0.05, 0.1) is 23.7 Å². The Morgan fingerprint density at radius 2 is 1.19 bits per heavy atom. The molecule has 0 saturated carbocycles. The molecule has 2 aromatic heterocycles. The zero-order valence-corrected chi connectivity index (χ0v) is 20.2. The molecule has 1 unspecified atom stereocenters. The molecule has 6 rings (SSSR count). The molecule has 2 aliphatic heterocycles. The Balaban J connectivity index is 1.11. The van der Waals surface area contributed by atoms with Gasteiger partial charge < -0.3 is 14.2 Å². The number of rotatable bonds is 5. The predicted molar refractivity (Wildman–Crippen MR) is 130 cm³/mol. The molecule has 4 aromatic rings. The Kier molecular flexibility index (Phi) is 6.23. The molecule has 36 heavy (non-hydrogen) atoms. The van der Waals surface area contributed by atoms with Gasteiger partial charge in [0.2, 0.25) is 0 Å². The molecular formula is C27H30F2N4O3. The van der Waals surface area contributed by atoms with Crippen LogP contribution in [-0.4, -0.2) is 63.7 Å².